The molecule has 0 N–H and O–H groups in total. The number of ether oxygens (including phenoxy) is 3. The van der Waals surface area contributed by atoms with Gasteiger partial charge in [-0.3, -0.25) is 4.79 Å². The van der Waals surface area contributed by atoms with Crippen LogP contribution in [-0.2, 0) is 11.2 Å². The topological polar surface area (TPSA) is 44.8 Å². The van der Waals surface area contributed by atoms with Gasteiger partial charge in [0.15, 0.2) is 11.5 Å². The number of rotatable bonds is 10. The van der Waals surface area contributed by atoms with Crippen molar-refractivity contribution in [3.05, 3.63) is 78.4 Å². The Balaban J connectivity index is 1.65. The summed E-state index contributed by atoms with van der Waals surface area (Å²) in [6.07, 6.45) is 1.02. The maximum absolute atomic E-state index is 11.8. The van der Waals surface area contributed by atoms with Gasteiger partial charge in [0, 0.05) is 22.6 Å². The van der Waals surface area contributed by atoms with Gasteiger partial charge in [0.2, 0.25) is 5.75 Å². The molecular weight excluding hydrogens is 396 g/mol. The smallest absolute Gasteiger partial charge is 0.311 e. The Hall–Kier alpha value is -2.92. The third-order valence-corrected chi connectivity index (χ3v) is 5.27. The van der Waals surface area contributed by atoms with Gasteiger partial charge in [-0.05, 0) is 48.9 Å². The Bertz CT molecular complexity index is 956. The Labute approximate surface area is 182 Å². The lowest BCUT2D eigenvalue weighted by Crippen LogP contribution is -2.10. The highest BCUT2D eigenvalue weighted by Crippen LogP contribution is 2.37. The summed E-state index contributed by atoms with van der Waals surface area (Å²) in [6.45, 7) is 4.59. The van der Waals surface area contributed by atoms with E-state index in [0.29, 0.717) is 30.5 Å². The monoisotopic (exact) mass is 422 g/mol. The molecule has 3 aromatic carbocycles. The minimum atomic E-state index is -0.322. The molecule has 0 saturated carbocycles. The zero-order valence-electron chi connectivity index (χ0n) is 17.3. The minimum Gasteiger partial charge on any atom is -0.490 e. The van der Waals surface area contributed by atoms with Crippen molar-refractivity contribution in [3.8, 4) is 17.2 Å². The van der Waals surface area contributed by atoms with Crippen LogP contribution in [0.2, 0.25) is 0 Å². The highest BCUT2D eigenvalue weighted by atomic mass is 32.2. The molecule has 156 valence electrons. The highest BCUT2D eigenvalue weighted by molar-refractivity contribution is 7.99. The van der Waals surface area contributed by atoms with E-state index in [1.807, 2.05) is 31.2 Å². The van der Waals surface area contributed by atoms with E-state index in [2.05, 4.69) is 36.4 Å². The maximum Gasteiger partial charge on any atom is 0.311 e. The van der Waals surface area contributed by atoms with Crippen molar-refractivity contribution >= 4 is 17.7 Å². The molecule has 3 aromatic rings. The van der Waals surface area contributed by atoms with Crippen molar-refractivity contribution in [1.82, 2.24) is 0 Å². The fourth-order valence-electron chi connectivity index (χ4n) is 2.83. The van der Waals surface area contributed by atoms with Gasteiger partial charge in [0.1, 0.15) is 0 Å². The molecule has 0 radical (unpaired) electrons. The Kier molecular flexibility index (Phi) is 8.21. The molecule has 0 aliphatic carbocycles. The molecule has 4 nitrogen and oxygen atoms in total. The van der Waals surface area contributed by atoms with Gasteiger partial charge in [-0.25, -0.2) is 0 Å². The lowest BCUT2D eigenvalue weighted by Gasteiger charge is -2.15. The summed E-state index contributed by atoms with van der Waals surface area (Å²) in [5.41, 5.74) is 1.18. The molecule has 0 atom stereocenters. The summed E-state index contributed by atoms with van der Waals surface area (Å²) < 4.78 is 17.0. The van der Waals surface area contributed by atoms with Crippen molar-refractivity contribution < 1.29 is 19.0 Å². The van der Waals surface area contributed by atoms with Crippen LogP contribution in [0.4, 0.5) is 0 Å². The van der Waals surface area contributed by atoms with E-state index in [4.69, 9.17) is 14.2 Å². The van der Waals surface area contributed by atoms with Gasteiger partial charge in [0.05, 0.1) is 13.2 Å². The van der Waals surface area contributed by atoms with Crippen LogP contribution in [-0.4, -0.2) is 19.2 Å². The fourth-order valence-corrected chi connectivity index (χ4v) is 3.76. The molecule has 0 heterocycles. The largest absolute Gasteiger partial charge is 0.490 e. The molecule has 0 aromatic heterocycles. The van der Waals surface area contributed by atoms with Gasteiger partial charge >= 0.3 is 5.97 Å². The van der Waals surface area contributed by atoms with Crippen LogP contribution >= 0.6 is 11.8 Å². The first-order chi connectivity index (χ1) is 14.7. The molecule has 0 aliphatic rings. The summed E-state index contributed by atoms with van der Waals surface area (Å²) in [5.74, 6) is 1.05. The highest BCUT2D eigenvalue weighted by Gasteiger charge is 2.15. The quantitative estimate of drug-likeness (QED) is 0.289. The van der Waals surface area contributed by atoms with Crippen LogP contribution in [0.1, 0.15) is 25.8 Å². The van der Waals surface area contributed by atoms with Gasteiger partial charge in [-0.2, -0.15) is 0 Å². The molecule has 0 aliphatic heterocycles. The Morgan fingerprint density at radius 3 is 2.27 bits per heavy atom. The standard InChI is InChI=1S/C25H26O4S/c1-3-24(26)29-25-22(27-4-2)14-9-15-23(25)28-17-16-19-10-8-13-21(18-19)30-20-11-6-5-7-12-20/h5-15,18H,3-4,16-17H2,1-2H3. The molecule has 0 fully saturated rings. The summed E-state index contributed by atoms with van der Waals surface area (Å²) >= 11 is 1.74. The van der Waals surface area contributed by atoms with Crippen LogP contribution in [0.15, 0.2) is 82.6 Å². The van der Waals surface area contributed by atoms with Gasteiger partial charge < -0.3 is 14.2 Å². The zero-order valence-corrected chi connectivity index (χ0v) is 18.1. The van der Waals surface area contributed by atoms with Crippen molar-refractivity contribution in [1.29, 1.82) is 0 Å². The molecular formula is C25H26O4S. The third-order valence-electron chi connectivity index (χ3n) is 4.27. The molecule has 0 unspecified atom stereocenters. The van der Waals surface area contributed by atoms with E-state index in [0.717, 1.165) is 6.42 Å². The molecule has 0 amide bonds. The van der Waals surface area contributed by atoms with E-state index in [1.54, 1.807) is 30.8 Å². The van der Waals surface area contributed by atoms with E-state index < -0.39 is 0 Å². The fraction of sp³-hybridized carbons (Fsp3) is 0.240. The SMILES string of the molecule is CCOc1cccc(OCCc2cccc(Sc3ccccc3)c2)c1OC(=O)CC. The molecule has 5 heteroatoms. The predicted molar refractivity (Wildman–Crippen MR) is 120 cm³/mol. The van der Waals surface area contributed by atoms with Crippen molar-refractivity contribution in [2.24, 2.45) is 0 Å². The first kappa shape index (κ1) is 21.8. The average Bonchev–Trinajstić information content (AvgIpc) is 2.77. The van der Waals surface area contributed by atoms with Gasteiger partial charge in [-0.1, -0.05) is 55.1 Å². The molecule has 0 saturated heterocycles. The van der Waals surface area contributed by atoms with E-state index >= 15 is 0 Å². The average molecular weight is 423 g/mol. The van der Waals surface area contributed by atoms with Gasteiger partial charge in [-0.15, -0.1) is 0 Å². The van der Waals surface area contributed by atoms with Crippen molar-refractivity contribution in [2.45, 2.75) is 36.5 Å². The number of benzene rings is 3. The number of carbonyl (C=O) groups is 1. The molecule has 0 spiro atoms. The van der Waals surface area contributed by atoms with Crippen LogP contribution in [0.5, 0.6) is 17.2 Å². The third kappa shape index (κ3) is 6.29. The summed E-state index contributed by atoms with van der Waals surface area (Å²) in [7, 11) is 0. The number of hydrogen-bond donors (Lipinski definition) is 0. The first-order valence-electron chi connectivity index (χ1n) is 10.1. The number of hydrogen-bond acceptors (Lipinski definition) is 5. The second-order valence-electron chi connectivity index (χ2n) is 6.51. The molecule has 30 heavy (non-hydrogen) atoms. The van der Waals surface area contributed by atoms with Crippen LogP contribution in [0.3, 0.4) is 0 Å². The zero-order chi connectivity index (χ0) is 21.2. The van der Waals surface area contributed by atoms with E-state index in [1.165, 1.54) is 15.4 Å². The molecule has 0 bridgehead atoms. The van der Waals surface area contributed by atoms with Crippen molar-refractivity contribution in [3.63, 3.8) is 0 Å². The first-order valence-corrected chi connectivity index (χ1v) is 10.9. The lowest BCUT2D eigenvalue weighted by molar-refractivity contribution is -0.134. The maximum atomic E-state index is 11.8. The predicted octanol–water partition coefficient (Wildman–Crippen LogP) is 6.17. The van der Waals surface area contributed by atoms with E-state index in [9.17, 15) is 4.79 Å². The summed E-state index contributed by atoms with van der Waals surface area (Å²) in [4.78, 5) is 14.2. The number of carbonyl (C=O) groups excluding carboxylic acids is 1. The second-order valence-corrected chi connectivity index (χ2v) is 7.65. The van der Waals surface area contributed by atoms with E-state index in [-0.39, 0.29) is 12.4 Å². The summed E-state index contributed by atoms with van der Waals surface area (Å²) in [6, 6.07) is 24.1. The molecule has 3 rings (SSSR count). The second kappa shape index (κ2) is 11.3. The van der Waals surface area contributed by atoms with Crippen LogP contribution < -0.4 is 14.2 Å². The number of para-hydroxylation sites is 1. The minimum absolute atomic E-state index is 0.284. The van der Waals surface area contributed by atoms with Crippen molar-refractivity contribution in [2.75, 3.05) is 13.2 Å². The van der Waals surface area contributed by atoms with Crippen LogP contribution in [0, 0.1) is 0 Å². The van der Waals surface area contributed by atoms with Gasteiger partial charge in [0.25, 0.3) is 0 Å². The summed E-state index contributed by atoms with van der Waals surface area (Å²) in [5, 5.41) is 0. The Morgan fingerprint density at radius 2 is 1.53 bits per heavy atom. The van der Waals surface area contributed by atoms with Crippen LogP contribution in [0.25, 0.3) is 0 Å². The normalized spacial score (nSPS) is 10.5. The Morgan fingerprint density at radius 1 is 0.833 bits per heavy atom. The lowest BCUT2D eigenvalue weighted by atomic mass is 10.2. The number of esters is 1.